The number of alkyl halides is 3. The molecule has 4 rings (SSSR count). The maximum Gasteiger partial charge on any atom is 0.416 e. The highest BCUT2D eigenvalue weighted by Crippen LogP contribution is 2.32. The molecule has 0 aromatic heterocycles. The molecule has 6 nitrogen and oxygen atoms in total. The van der Waals surface area contributed by atoms with Crippen molar-refractivity contribution in [3.05, 3.63) is 41.3 Å². The van der Waals surface area contributed by atoms with Gasteiger partial charge in [0.1, 0.15) is 19.0 Å². The highest BCUT2D eigenvalue weighted by molar-refractivity contribution is 5.92. The Labute approximate surface area is 180 Å². The van der Waals surface area contributed by atoms with Crippen molar-refractivity contribution in [1.82, 2.24) is 9.80 Å². The van der Waals surface area contributed by atoms with Crippen LogP contribution in [0.5, 0.6) is 0 Å². The van der Waals surface area contributed by atoms with Gasteiger partial charge in [-0.25, -0.2) is 0 Å². The molecule has 0 spiro atoms. The molecule has 0 aliphatic carbocycles. The number of hydrogen-bond acceptors (Lipinski definition) is 5. The van der Waals surface area contributed by atoms with Gasteiger partial charge in [0, 0.05) is 51.0 Å². The first-order valence-corrected chi connectivity index (χ1v) is 10.7. The second kappa shape index (κ2) is 8.98. The van der Waals surface area contributed by atoms with Crippen molar-refractivity contribution in [2.45, 2.75) is 32.0 Å². The van der Waals surface area contributed by atoms with E-state index in [2.05, 4.69) is 4.90 Å². The van der Waals surface area contributed by atoms with Crippen LogP contribution in [0.1, 0.15) is 25.3 Å². The number of piperazine rings is 1. The van der Waals surface area contributed by atoms with E-state index < -0.39 is 11.7 Å². The van der Waals surface area contributed by atoms with E-state index in [1.165, 1.54) is 12.1 Å². The fourth-order valence-corrected chi connectivity index (χ4v) is 4.52. The first-order chi connectivity index (χ1) is 14.8. The van der Waals surface area contributed by atoms with Gasteiger partial charge in [-0.3, -0.25) is 9.69 Å². The van der Waals surface area contributed by atoms with Crippen LogP contribution in [0.15, 0.2) is 35.8 Å². The van der Waals surface area contributed by atoms with E-state index in [1.807, 2.05) is 9.80 Å². The summed E-state index contributed by atoms with van der Waals surface area (Å²) in [4.78, 5) is 19.1. The summed E-state index contributed by atoms with van der Waals surface area (Å²) in [6.07, 6.45) is -2.42. The molecule has 0 N–H and O–H groups in total. The molecule has 2 fully saturated rings. The number of nitrogens with zero attached hydrogens (tertiary/aromatic N) is 3. The van der Waals surface area contributed by atoms with Crippen LogP contribution in [0.2, 0.25) is 0 Å². The van der Waals surface area contributed by atoms with Gasteiger partial charge in [-0.15, -0.1) is 0 Å². The van der Waals surface area contributed by atoms with Crippen molar-refractivity contribution in [1.29, 1.82) is 0 Å². The maximum atomic E-state index is 13.0. The molecular formula is C22H28F3N3O3. The average Bonchev–Trinajstić information content (AvgIpc) is 2.79. The number of rotatable bonds is 3. The van der Waals surface area contributed by atoms with Crippen LogP contribution >= 0.6 is 0 Å². The van der Waals surface area contributed by atoms with Crippen molar-refractivity contribution < 1.29 is 27.4 Å². The second-order valence-electron chi connectivity index (χ2n) is 8.20. The molecule has 31 heavy (non-hydrogen) atoms. The molecule has 3 heterocycles. The molecule has 3 aliphatic heterocycles. The molecule has 0 radical (unpaired) electrons. The van der Waals surface area contributed by atoms with Crippen LogP contribution in [0.25, 0.3) is 0 Å². The largest absolute Gasteiger partial charge is 0.491 e. The molecule has 1 aromatic rings. The minimum absolute atomic E-state index is 0.121. The van der Waals surface area contributed by atoms with Crippen LogP contribution in [-0.4, -0.2) is 74.2 Å². The summed E-state index contributed by atoms with van der Waals surface area (Å²) < 4.78 is 50.1. The summed E-state index contributed by atoms with van der Waals surface area (Å²) in [6.45, 7) is 6.74. The smallest absolute Gasteiger partial charge is 0.416 e. The molecule has 1 atom stereocenters. The molecule has 170 valence electrons. The molecular weight excluding hydrogens is 411 g/mol. The highest BCUT2D eigenvalue weighted by Gasteiger charge is 2.34. The molecule has 1 aromatic carbocycles. The molecule has 2 saturated heterocycles. The Balaban J connectivity index is 1.35. The lowest BCUT2D eigenvalue weighted by Crippen LogP contribution is -2.56. The number of benzene rings is 1. The number of halogens is 3. The van der Waals surface area contributed by atoms with Crippen LogP contribution in [0.4, 0.5) is 18.9 Å². The van der Waals surface area contributed by atoms with Gasteiger partial charge in [0.25, 0.3) is 5.91 Å². The van der Waals surface area contributed by atoms with E-state index in [9.17, 15) is 18.0 Å². The van der Waals surface area contributed by atoms with Crippen LogP contribution in [0.3, 0.4) is 0 Å². The lowest BCUT2D eigenvalue weighted by atomic mass is 10.0. The first-order valence-electron chi connectivity index (χ1n) is 10.7. The number of carbonyl (C=O) groups excluding carboxylic acids is 1. The number of carbonyl (C=O) groups is 1. The van der Waals surface area contributed by atoms with Gasteiger partial charge in [-0.1, -0.05) is 6.07 Å². The minimum Gasteiger partial charge on any atom is -0.491 e. The van der Waals surface area contributed by atoms with Crippen molar-refractivity contribution in [3.8, 4) is 0 Å². The monoisotopic (exact) mass is 439 g/mol. The normalized spacial score (nSPS) is 23.4. The highest BCUT2D eigenvalue weighted by atomic mass is 19.4. The third kappa shape index (κ3) is 4.92. The van der Waals surface area contributed by atoms with Crippen molar-refractivity contribution in [3.63, 3.8) is 0 Å². The summed E-state index contributed by atoms with van der Waals surface area (Å²) in [7, 11) is 0. The van der Waals surface area contributed by atoms with Gasteiger partial charge in [0.15, 0.2) is 0 Å². The molecule has 0 saturated carbocycles. The zero-order valence-electron chi connectivity index (χ0n) is 17.7. The Morgan fingerprint density at radius 2 is 1.81 bits per heavy atom. The quantitative estimate of drug-likeness (QED) is 0.724. The van der Waals surface area contributed by atoms with Crippen molar-refractivity contribution in [2.75, 3.05) is 57.4 Å². The third-order valence-corrected chi connectivity index (χ3v) is 6.22. The zero-order valence-corrected chi connectivity index (χ0v) is 17.7. The van der Waals surface area contributed by atoms with Gasteiger partial charge in [0.2, 0.25) is 5.76 Å². The molecule has 3 aliphatic rings. The topological polar surface area (TPSA) is 45.3 Å². The lowest BCUT2D eigenvalue weighted by Gasteiger charge is -2.44. The van der Waals surface area contributed by atoms with Crippen LogP contribution < -0.4 is 4.90 Å². The summed E-state index contributed by atoms with van der Waals surface area (Å²) >= 11 is 0. The Morgan fingerprint density at radius 3 is 2.52 bits per heavy atom. The number of hydrogen-bond donors (Lipinski definition) is 0. The molecule has 9 heteroatoms. The summed E-state index contributed by atoms with van der Waals surface area (Å²) in [5.74, 6) is 0.721. The third-order valence-electron chi connectivity index (χ3n) is 6.22. The Kier molecular flexibility index (Phi) is 6.31. The number of piperidine rings is 1. The van der Waals surface area contributed by atoms with E-state index in [0.29, 0.717) is 56.6 Å². The zero-order chi connectivity index (χ0) is 22.0. The van der Waals surface area contributed by atoms with Crippen LogP contribution in [-0.2, 0) is 20.4 Å². The number of ether oxygens (including phenoxy) is 2. The van der Waals surface area contributed by atoms with E-state index in [-0.39, 0.29) is 11.9 Å². The Bertz CT molecular complexity index is 835. The fraction of sp³-hybridized carbons (Fsp3) is 0.591. The number of likely N-dealkylation sites (tertiary alicyclic amines) is 1. The number of anilines is 1. The minimum atomic E-state index is -4.34. The van der Waals surface area contributed by atoms with E-state index in [0.717, 1.165) is 32.0 Å². The van der Waals surface area contributed by atoms with Gasteiger partial charge in [-0.05, 0) is 38.0 Å². The summed E-state index contributed by atoms with van der Waals surface area (Å²) in [5, 5.41) is 0. The fourth-order valence-electron chi connectivity index (χ4n) is 4.52. The molecule has 0 bridgehead atoms. The van der Waals surface area contributed by atoms with Crippen LogP contribution in [0, 0.1) is 0 Å². The first kappa shape index (κ1) is 21.8. The average molecular weight is 439 g/mol. The standard InChI is InChI=1S/C22H28F3N3O3/c1-16-20(31-13-12-30-16)21(29)28-7-3-6-19(15-28)27-10-8-26(9-11-27)18-5-2-4-17(14-18)22(23,24)25/h2,4-5,14,19H,3,6-13,15H2,1H3/t19-/m1/s1. The van der Waals surface area contributed by atoms with Gasteiger partial charge in [-0.2, -0.15) is 13.2 Å². The maximum absolute atomic E-state index is 13.0. The van der Waals surface area contributed by atoms with Crippen molar-refractivity contribution >= 4 is 11.6 Å². The van der Waals surface area contributed by atoms with Gasteiger partial charge < -0.3 is 19.3 Å². The molecule has 0 unspecified atom stereocenters. The van der Waals surface area contributed by atoms with E-state index >= 15 is 0 Å². The predicted molar refractivity (Wildman–Crippen MR) is 109 cm³/mol. The summed E-state index contributed by atoms with van der Waals surface area (Å²) in [6, 6.07) is 5.76. The van der Waals surface area contributed by atoms with Gasteiger partial charge >= 0.3 is 6.18 Å². The van der Waals surface area contributed by atoms with Gasteiger partial charge in [0.05, 0.1) is 5.56 Å². The number of allylic oxidation sites excluding steroid dienone is 1. The Hall–Kier alpha value is -2.42. The lowest BCUT2D eigenvalue weighted by molar-refractivity contribution is -0.137. The van der Waals surface area contributed by atoms with E-state index in [4.69, 9.17) is 9.47 Å². The molecule has 1 amide bonds. The SMILES string of the molecule is CC1=C(C(=O)N2CCC[C@@H](N3CCN(c4cccc(C(F)(F)F)c4)CC3)C2)OCCO1. The van der Waals surface area contributed by atoms with E-state index in [1.54, 1.807) is 13.0 Å². The van der Waals surface area contributed by atoms with Crippen molar-refractivity contribution in [2.24, 2.45) is 0 Å². The summed E-state index contributed by atoms with van der Waals surface area (Å²) in [5.41, 5.74) is -0.0147. The second-order valence-corrected chi connectivity index (χ2v) is 8.20. The number of amides is 1. The Morgan fingerprint density at radius 1 is 1.06 bits per heavy atom. The predicted octanol–water partition coefficient (Wildman–Crippen LogP) is 3.10.